The maximum absolute atomic E-state index is 13.7. The summed E-state index contributed by atoms with van der Waals surface area (Å²) in [6.45, 7) is 16.4. The van der Waals surface area contributed by atoms with Gasteiger partial charge in [0.05, 0.1) is 22.4 Å². The van der Waals surface area contributed by atoms with Gasteiger partial charge in [-0.25, -0.2) is 4.79 Å². The van der Waals surface area contributed by atoms with Gasteiger partial charge < -0.3 is 10.1 Å². The van der Waals surface area contributed by atoms with Crippen LogP contribution in [0, 0.1) is 0 Å². The van der Waals surface area contributed by atoms with Crippen molar-refractivity contribution in [3.05, 3.63) is 94.3 Å². The van der Waals surface area contributed by atoms with Gasteiger partial charge in [-0.05, 0) is 72.6 Å². The monoisotopic (exact) mass is 486 g/mol. The van der Waals surface area contributed by atoms with Gasteiger partial charge in [-0.2, -0.15) is 0 Å². The van der Waals surface area contributed by atoms with Crippen molar-refractivity contribution in [2.24, 2.45) is 0 Å². The molecule has 0 saturated carbocycles. The summed E-state index contributed by atoms with van der Waals surface area (Å²) in [7, 11) is 0. The van der Waals surface area contributed by atoms with Crippen LogP contribution in [-0.4, -0.2) is 16.9 Å². The highest BCUT2D eigenvalue weighted by molar-refractivity contribution is 6.00. The first-order valence-electron chi connectivity index (χ1n) is 12.6. The Morgan fingerprint density at radius 2 is 1.42 bits per heavy atom. The number of nitrogens with one attached hydrogen (secondary N) is 1. The fraction of sp³-hybridized carbons (Fsp3) is 0.387. The van der Waals surface area contributed by atoms with Gasteiger partial charge in [0.1, 0.15) is 5.75 Å². The molecule has 3 aromatic rings. The molecule has 1 heterocycles. The van der Waals surface area contributed by atoms with E-state index in [9.17, 15) is 9.59 Å². The van der Waals surface area contributed by atoms with E-state index >= 15 is 0 Å². The molecule has 190 valence electrons. The molecule has 0 spiro atoms. The molecule has 0 radical (unpaired) electrons. The average Bonchev–Trinajstić information content (AvgIpc) is 2.83. The largest absolute Gasteiger partial charge is 0.422 e. The second kappa shape index (κ2) is 11.1. The summed E-state index contributed by atoms with van der Waals surface area (Å²) in [6.07, 6.45) is 1.70. The lowest BCUT2D eigenvalue weighted by atomic mass is 9.84. The first kappa shape index (κ1) is 27.1. The first-order chi connectivity index (χ1) is 16.9. The van der Waals surface area contributed by atoms with Gasteiger partial charge in [0.25, 0.3) is 5.91 Å². The summed E-state index contributed by atoms with van der Waals surface area (Å²) in [5, 5.41) is 3.03. The Labute approximate surface area is 215 Å². The van der Waals surface area contributed by atoms with Crippen molar-refractivity contribution in [3.8, 4) is 5.75 Å². The highest BCUT2D eigenvalue weighted by atomic mass is 16.5. The van der Waals surface area contributed by atoms with Crippen LogP contribution in [0.2, 0.25) is 0 Å². The summed E-state index contributed by atoms with van der Waals surface area (Å²) in [6, 6.07) is 16.7. The van der Waals surface area contributed by atoms with E-state index in [1.807, 2.05) is 32.0 Å². The van der Waals surface area contributed by atoms with E-state index < -0.39 is 11.5 Å². The molecule has 36 heavy (non-hydrogen) atoms. The minimum atomic E-state index is -0.711. The quantitative estimate of drug-likeness (QED) is 0.267. The SMILES string of the molecule is CC(C)c1cc(C(C)C)c(C(=O)Oc2ccccc2C(=O)NC(C)(C)c2ccccn2)c(C(C)C)c1. The number of rotatable bonds is 8. The zero-order chi connectivity index (χ0) is 26.6. The molecular weight excluding hydrogens is 448 g/mol. The lowest BCUT2D eigenvalue weighted by Gasteiger charge is -2.26. The van der Waals surface area contributed by atoms with Crippen LogP contribution in [0.5, 0.6) is 5.75 Å². The van der Waals surface area contributed by atoms with Gasteiger partial charge in [0.15, 0.2) is 0 Å². The number of amides is 1. The third-order valence-corrected chi connectivity index (χ3v) is 6.40. The molecule has 0 aliphatic heterocycles. The van der Waals surface area contributed by atoms with Crippen LogP contribution in [0.25, 0.3) is 0 Å². The van der Waals surface area contributed by atoms with Gasteiger partial charge in [-0.1, -0.05) is 71.9 Å². The third kappa shape index (κ3) is 6.01. The molecule has 0 unspecified atom stereocenters. The molecule has 0 aliphatic carbocycles. The maximum Gasteiger partial charge on any atom is 0.344 e. The van der Waals surface area contributed by atoms with Crippen molar-refractivity contribution in [1.29, 1.82) is 0 Å². The third-order valence-electron chi connectivity index (χ3n) is 6.40. The van der Waals surface area contributed by atoms with Crippen molar-refractivity contribution >= 4 is 11.9 Å². The molecule has 1 N–H and O–H groups in total. The molecule has 0 bridgehead atoms. The average molecular weight is 487 g/mol. The zero-order valence-electron chi connectivity index (χ0n) is 22.7. The molecule has 0 fully saturated rings. The number of pyridine rings is 1. The van der Waals surface area contributed by atoms with Crippen molar-refractivity contribution in [3.63, 3.8) is 0 Å². The van der Waals surface area contributed by atoms with E-state index in [0.29, 0.717) is 17.0 Å². The molecule has 0 atom stereocenters. The van der Waals surface area contributed by atoms with Gasteiger partial charge in [0, 0.05) is 6.20 Å². The number of nitrogens with zero attached hydrogens (tertiary/aromatic N) is 1. The van der Waals surface area contributed by atoms with Crippen LogP contribution in [0.15, 0.2) is 60.8 Å². The number of ether oxygens (including phenoxy) is 1. The van der Waals surface area contributed by atoms with Crippen molar-refractivity contribution in [2.45, 2.75) is 78.7 Å². The molecule has 0 aliphatic rings. The minimum Gasteiger partial charge on any atom is -0.422 e. The molecular formula is C31H38N2O3. The summed E-state index contributed by atoms with van der Waals surface area (Å²) in [5.74, 6) is 0.0772. The van der Waals surface area contributed by atoms with Crippen LogP contribution in [0.3, 0.4) is 0 Å². The highest BCUT2D eigenvalue weighted by Gasteiger charge is 2.28. The molecule has 5 heteroatoms. The Morgan fingerprint density at radius 1 is 0.833 bits per heavy atom. The number of aromatic nitrogens is 1. The van der Waals surface area contributed by atoms with Crippen molar-refractivity contribution in [2.75, 3.05) is 0 Å². The lowest BCUT2D eigenvalue weighted by molar-refractivity contribution is 0.0728. The molecule has 2 aromatic carbocycles. The Kier molecular flexibility index (Phi) is 8.34. The van der Waals surface area contributed by atoms with E-state index in [1.54, 1.807) is 30.5 Å². The Balaban J connectivity index is 1.98. The van der Waals surface area contributed by atoms with E-state index in [4.69, 9.17) is 4.74 Å². The van der Waals surface area contributed by atoms with Crippen LogP contribution in [0.4, 0.5) is 0 Å². The molecule has 1 aromatic heterocycles. The Hall–Kier alpha value is -3.47. The zero-order valence-corrected chi connectivity index (χ0v) is 22.7. The first-order valence-corrected chi connectivity index (χ1v) is 12.6. The number of benzene rings is 2. The number of para-hydroxylation sites is 1. The van der Waals surface area contributed by atoms with Crippen molar-refractivity contribution in [1.82, 2.24) is 10.3 Å². The summed E-state index contributed by atoms with van der Waals surface area (Å²) >= 11 is 0. The Bertz CT molecular complexity index is 1200. The van der Waals surface area contributed by atoms with E-state index in [-0.39, 0.29) is 23.5 Å². The molecule has 5 nitrogen and oxygen atoms in total. The fourth-order valence-electron chi connectivity index (χ4n) is 4.23. The van der Waals surface area contributed by atoms with Crippen LogP contribution in [-0.2, 0) is 5.54 Å². The van der Waals surface area contributed by atoms with Crippen LogP contribution in [0.1, 0.15) is 116 Å². The van der Waals surface area contributed by atoms with E-state index in [2.05, 4.69) is 64.0 Å². The van der Waals surface area contributed by atoms with Gasteiger partial charge >= 0.3 is 5.97 Å². The van der Waals surface area contributed by atoms with E-state index in [1.165, 1.54) is 5.56 Å². The fourth-order valence-corrected chi connectivity index (χ4v) is 4.23. The lowest BCUT2D eigenvalue weighted by Crippen LogP contribution is -2.41. The summed E-state index contributed by atoms with van der Waals surface area (Å²) in [4.78, 5) is 31.4. The summed E-state index contributed by atoms with van der Waals surface area (Å²) < 4.78 is 5.94. The van der Waals surface area contributed by atoms with Crippen LogP contribution >= 0.6 is 0 Å². The van der Waals surface area contributed by atoms with Gasteiger partial charge in [0.2, 0.25) is 0 Å². The van der Waals surface area contributed by atoms with Gasteiger partial charge in [-0.3, -0.25) is 9.78 Å². The number of carbonyl (C=O) groups is 2. The van der Waals surface area contributed by atoms with Crippen molar-refractivity contribution < 1.29 is 14.3 Å². The Morgan fingerprint density at radius 3 is 1.94 bits per heavy atom. The maximum atomic E-state index is 13.7. The smallest absolute Gasteiger partial charge is 0.344 e. The predicted octanol–water partition coefficient (Wildman–Crippen LogP) is 7.34. The highest BCUT2D eigenvalue weighted by Crippen LogP contribution is 2.33. The standard InChI is InChI=1S/C31H38N2O3/c1-19(2)22-17-24(20(3)4)28(25(18-22)21(5)6)30(35)36-26-14-10-9-13-23(26)29(34)33-31(7,8)27-15-11-12-16-32-27/h9-21H,1-8H3,(H,33,34). The number of hydrogen-bond donors (Lipinski definition) is 1. The molecule has 1 amide bonds. The predicted molar refractivity (Wildman–Crippen MR) is 145 cm³/mol. The minimum absolute atomic E-state index is 0.140. The number of carbonyl (C=O) groups excluding carboxylic acids is 2. The van der Waals surface area contributed by atoms with Gasteiger partial charge in [-0.15, -0.1) is 0 Å². The van der Waals surface area contributed by atoms with Crippen LogP contribution < -0.4 is 10.1 Å². The number of esters is 1. The molecule has 3 rings (SSSR count). The second-order valence-electron chi connectivity index (χ2n) is 10.7. The second-order valence-corrected chi connectivity index (χ2v) is 10.7. The summed E-state index contributed by atoms with van der Waals surface area (Å²) in [5.41, 5.74) is 4.05. The number of hydrogen-bond acceptors (Lipinski definition) is 4. The normalized spacial score (nSPS) is 11.8. The topological polar surface area (TPSA) is 68.3 Å². The molecule has 0 saturated heterocycles. The van der Waals surface area contributed by atoms with E-state index in [0.717, 1.165) is 16.8 Å².